The molecular weight excluding hydrogens is 216 g/mol. The second-order valence-electron chi connectivity index (χ2n) is 3.78. The first-order valence-electron chi connectivity index (χ1n) is 6.28. The third kappa shape index (κ3) is 31.3. The lowest BCUT2D eigenvalue weighted by atomic mass is 10.1. The zero-order valence-corrected chi connectivity index (χ0v) is 11.1. The topological polar surface area (TPSA) is 57.5 Å². The molecule has 2 N–H and O–H groups in total. The van der Waals surface area contributed by atoms with Gasteiger partial charge in [-0.05, 0) is 32.1 Å². The van der Waals surface area contributed by atoms with Crippen LogP contribution in [0.1, 0.15) is 58.8 Å². The number of unbranched alkanes of at least 4 members (excludes halogenated alkanes) is 5. The molecular formula is C14H26O3. The lowest BCUT2D eigenvalue weighted by Crippen LogP contribution is -1.78. The van der Waals surface area contributed by atoms with E-state index >= 15 is 0 Å². The minimum atomic E-state index is -0.833. The van der Waals surface area contributed by atoms with Crippen LogP contribution in [0.15, 0.2) is 24.5 Å². The molecule has 0 radical (unpaired) electrons. The van der Waals surface area contributed by atoms with Crippen molar-refractivity contribution in [2.45, 2.75) is 58.8 Å². The molecule has 0 amide bonds. The third-order valence-electron chi connectivity index (χ3n) is 2.00. The summed E-state index contributed by atoms with van der Waals surface area (Å²) in [5.74, 6) is -0.833. The lowest BCUT2D eigenvalue weighted by Gasteiger charge is -1.96. The third-order valence-corrected chi connectivity index (χ3v) is 2.00. The Labute approximate surface area is 105 Å². The Bertz CT molecular complexity index is 204. The second kappa shape index (κ2) is 17.2. The Morgan fingerprint density at radius 1 is 1.00 bits per heavy atom. The maximum absolute atomic E-state index is 9.00. The van der Waals surface area contributed by atoms with Crippen LogP contribution < -0.4 is 0 Å². The van der Waals surface area contributed by atoms with Crippen LogP contribution in [0.3, 0.4) is 0 Å². The predicted octanol–water partition coefficient (Wildman–Crippen LogP) is 4.46. The van der Waals surface area contributed by atoms with Crippen molar-refractivity contribution in [2.24, 2.45) is 0 Å². The fourth-order valence-corrected chi connectivity index (χ4v) is 1.24. The molecule has 0 aliphatic rings. The minimum absolute atomic E-state index is 0.833. The van der Waals surface area contributed by atoms with Crippen LogP contribution in [-0.4, -0.2) is 16.2 Å². The zero-order valence-electron chi connectivity index (χ0n) is 11.1. The number of aliphatic hydroxyl groups is 1. The fraction of sp³-hybridized carbons (Fsp3) is 0.643. The molecule has 0 aromatic heterocycles. The number of allylic oxidation sites excluding steroid dienone is 3. The summed E-state index contributed by atoms with van der Waals surface area (Å²) in [5.41, 5.74) is 0. The van der Waals surface area contributed by atoms with Gasteiger partial charge in [0.2, 0.25) is 0 Å². The lowest BCUT2D eigenvalue weighted by molar-refractivity contribution is -0.134. The highest BCUT2D eigenvalue weighted by molar-refractivity contribution is 5.62. The molecule has 0 saturated carbocycles. The Kier molecular flexibility index (Phi) is 18.3. The van der Waals surface area contributed by atoms with Crippen LogP contribution >= 0.6 is 0 Å². The van der Waals surface area contributed by atoms with Crippen molar-refractivity contribution in [1.29, 1.82) is 0 Å². The normalized spacial score (nSPS) is 10.5. The minimum Gasteiger partial charge on any atom is -0.516 e. The molecule has 0 aliphatic heterocycles. The molecule has 0 rings (SSSR count). The van der Waals surface area contributed by atoms with Gasteiger partial charge >= 0.3 is 0 Å². The van der Waals surface area contributed by atoms with Crippen molar-refractivity contribution < 1.29 is 15.0 Å². The highest BCUT2D eigenvalue weighted by atomic mass is 16.4. The van der Waals surface area contributed by atoms with E-state index in [0.29, 0.717) is 0 Å². The van der Waals surface area contributed by atoms with Crippen molar-refractivity contribution in [3.8, 4) is 0 Å². The summed E-state index contributed by atoms with van der Waals surface area (Å²) in [7, 11) is 0. The molecule has 0 heterocycles. The highest BCUT2D eigenvalue weighted by Gasteiger charge is 1.86. The summed E-state index contributed by atoms with van der Waals surface area (Å²) in [5, 5.41) is 15.8. The number of hydrogen-bond donors (Lipinski definition) is 2. The number of carbonyl (C=O) groups is 1. The predicted molar refractivity (Wildman–Crippen MR) is 72.2 cm³/mol. The smallest absolute Gasteiger partial charge is 0.300 e. The molecule has 3 heteroatoms. The van der Waals surface area contributed by atoms with Crippen molar-refractivity contribution in [3.05, 3.63) is 24.5 Å². The second-order valence-corrected chi connectivity index (χ2v) is 3.78. The zero-order chi connectivity index (χ0) is 13.4. The first-order valence-corrected chi connectivity index (χ1v) is 6.28. The Morgan fingerprint density at radius 2 is 1.47 bits per heavy atom. The number of carboxylic acids is 1. The number of hydrogen-bond acceptors (Lipinski definition) is 2. The van der Waals surface area contributed by atoms with E-state index in [1.165, 1.54) is 32.1 Å². The van der Waals surface area contributed by atoms with E-state index in [9.17, 15) is 0 Å². The van der Waals surface area contributed by atoms with Crippen molar-refractivity contribution in [1.82, 2.24) is 0 Å². The average molecular weight is 242 g/mol. The van der Waals surface area contributed by atoms with Gasteiger partial charge in [-0.2, -0.15) is 0 Å². The van der Waals surface area contributed by atoms with Crippen molar-refractivity contribution in [2.75, 3.05) is 0 Å². The van der Waals surface area contributed by atoms with Gasteiger partial charge in [0.1, 0.15) is 0 Å². The summed E-state index contributed by atoms with van der Waals surface area (Å²) >= 11 is 0. The molecule has 0 atom stereocenters. The van der Waals surface area contributed by atoms with Crippen LogP contribution in [-0.2, 0) is 4.79 Å². The molecule has 0 aliphatic carbocycles. The van der Waals surface area contributed by atoms with Crippen LogP contribution in [0, 0.1) is 0 Å². The van der Waals surface area contributed by atoms with E-state index in [-0.39, 0.29) is 0 Å². The van der Waals surface area contributed by atoms with E-state index in [4.69, 9.17) is 15.0 Å². The molecule has 0 aromatic carbocycles. The maximum atomic E-state index is 9.00. The van der Waals surface area contributed by atoms with Crippen LogP contribution in [0.5, 0.6) is 0 Å². The number of carboxylic acid groups (broad SMARTS) is 1. The summed E-state index contributed by atoms with van der Waals surface area (Å²) in [4.78, 5) is 9.00. The van der Waals surface area contributed by atoms with Gasteiger partial charge in [0, 0.05) is 6.92 Å². The van der Waals surface area contributed by atoms with E-state index < -0.39 is 5.97 Å². The van der Waals surface area contributed by atoms with Gasteiger partial charge in [-0.15, -0.1) is 0 Å². The van der Waals surface area contributed by atoms with Crippen molar-refractivity contribution in [3.63, 3.8) is 0 Å². The molecule has 0 spiro atoms. The first-order chi connectivity index (χ1) is 8.15. The van der Waals surface area contributed by atoms with Crippen LogP contribution in [0.2, 0.25) is 0 Å². The summed E-state index contributed by atoms with van der Waals surface area (Å²) in [6.07, 6.45) is 16.0. The van der Waals surface area contributed by atoms with Crippen LogP contribution in [0.25, 0.3) is 0 Å². The molecule has 17 heavy (non-hydrogen) atoms. The number of aliphatic hydroxyl groups excluding tert-OH is 1. The van der Waals surface area contributed by atoms with Crippen LogP contribution in [0.4, 0.5) is 0 Å². The maximum Gasteiger partial charge on any atom is 0.300 e. The Morgan fingerprint density at radius 3 is 1.88 bits per heavy atom. The van der Waals surface area contributed by atoms with E-state index in [2.05, 4.69) is 19.1 Å². The van der Waals surface area contributed by atoms with Gasteiger partial charge in [-0.1, -0.05) is 38.0 Å². The van der Waals surface area contributed by atoms with E-state index in [1.54, 1.807) is 0 Å². The Hall–Kier alpha value is -1.25. The summed E-state index contributed by atoms with van der Waals surface area (Å²) in [6, 6.07) is 0. The standard InChI is InChI=1S/C12H22O.C2H4O2/c1-2-3-4-5-6-7-8-9-10-11-12-13;1-2(3)4/h3-4,11-13H,2,5-10H2,1H3;1H3,(H,3,4). The van der Waals surface area contributed by atoms with Crippen molar-refractivity contribution >= 4 is 5.97 Å². The first kappa shape index (κ1) is 18.1. The van der Waals surface area contributed by atoms with Gasteiger partial charge in [0.05, 0.1) is 6.26 Å². The highest BCUT2D eigenvalue weighted by Crippen LogP contribution is 2.06. The largest absolute Gasteiger partial charge is 0.516 e. The SMILES string of the molecule is CC(=O)O.CCC=CCCCCCCC=CO. The van der Waals surface area contributed by atoms with Gasteiger partial charge in [0.15, 0.2) is 0 Å². The quantitative estimate of drug-likeness (QED) is 0.375. The van der Waals surface area contributed by atoms with Gasteiger partial charge in [-0.25, -0.2) is 0 Å². The van der Waals surface area contributed by atoms with E-state index in [1.807, 2.05) is 6.08 Å². The molecule has 0 bridgehead atoms. The van der Waals surface area contributed by atoms with E-state index in [0.717, 1.165) is 26.0 Å². The molecule has 100 valence electrons. The molecule has 0 unspecified atom stereocenters. The molecule has 0 saturated heterocycles. The molecule has 0 aromatic rings. The van der Waals surface area contributed by atoms with Gasteiger partial charge < -0.3 is 10.2 Å². The molecule has 3 nitrogen and oxygen atoms in total. The summed E-state index contributed by atoms with van der Waals surface area (Å²) in [6.45, 7) is 3.25. The number of aliphatic carboxylic acids is 1. The number of rotatable bonds is 8. The monoisotopic (exact) mass is 242 g/mol. The molecule has 0 fully saturated rings. The fourth-order valence-electron chi connectivity index (χ4n) is 1.24. The Balaban J connectivity index is 0. The average Bonchev–Trinajstić information content (AvgIpc) is 2.26. The van der Waals surface area contributed by atoms with Gasteiger partial charge in [-0.3, -0.25) is 4.79 Å². The van der Waals surface area contributed by atoms with Gasteiger partial charge in [0.25, 0.3) is 5.97 Å². The summed E-state index contributed by atoms with van der Waals surface area (Å²) < 4.78 is 0.